The molecule has 0 aliphatic carbocycles. The lowest BCUT2D eigenvalue weighted by molar-refractivity contribution is 0.275. The van der Waals surface area contributed by atoms with Crippen molar-refractivity contribution in [2.75, 3.05) is 13.7 Å². The minimum absolute atomic E-state index is 0.0987. The summed E-state index contributed by atoms with van der Waals surface area (Å²) in [6.07, 6.45) is 2.11. The number of hydrogen-bond acceptors (Lipinski definition) is 4. The smallest absolute Gasteiger partial charge is 0.179 e. The number of aliphatic hydroxyl groups is 1. The molecule has 0 aromatic heterocycles. The molecule has 0 atom stereocenters. The molecular formula is C13H16ClNO3. The van der Waals surface area contributed by atoms with Crippen LogP contribution in [0, 0.1) is 11.3 Å². The number of unbranched alkanes of at least 4 members (excludes halogenated alkanes) is 2. The Kier molecular flexibility index (Phi) is 6.34. The molecule has 0 spiro atoms. The molecular weight excluding hydrogens is 254 g/mol. The minimum Gasteiger partial charge on any atom is -0.493 e. The van der Waals surface area contributed by atoms with Crippen molar-refractivity contribution >= 4 is 11.6 Å². The second kappa shape index (κ2) is 7.80. The zero-order valence-corrected chi connectivity index (χ0v) is 11.0. The summed E-state index contributed by atoms with van der Waals surface area (Å²) in [7, 11) is 1.52. The third kappa shape index (κ3) is 4.10. The van der Waals surface area contributed by atoms with Crippen LogP contribution in [-0.4, -0.2) is 18.8 Å². The molecule has 1 aromatic carbocycles. The van der Waals surface area contributed by atoms with E-state index in [-0.39, 0.29) is 6.61 Å². The van der Waals surface area contributed by atoms with Gasteiger partial charge in [-0.05, 0) is 30.5 Å². The van der Waals surface area contributed by atoms with E-state index in [1.807, 2.05) is 0 Å². The molecule has 0 saturated heterocycles. The molecule has 1 N–H and O–H groups in total. The summed E-state index contributed by atoms with van der Waals surface area (Å²) >= 11 is 6.06. The Morgan fingerprint density at radius 2 is 2.17 bits per heavy atom. The number of hydrogen-bond donors (Lipinski definition) is 1. The maximum absolute atomic E-state index is 9.06. The summed E-state index contributed by atoms with van der Waals surface area (Å²) in [6, 6.07) is 5.42. The Morgan fingerprint density at radius 1 is 1.39 bits per heavy atom. The molecule has 98 valence electrons. The Morgan fingerprint density at radius 3 is 2.78 bits per heavy atom. The van der Waals surface area contributed by atoms with Gasteiger partial charge in [0, 0.05) is 6.42 Å². The van der Waals surface area contributed by atoms with Crippen LogP contribution in [0.15, 0.2) is 12.1 Å². The van der Waals surface area contributed by atoms with Gasteiger partial charge in [0.15, 0.2) is 11.5 Å². The number of methoxy groups -OCH3 is 1. The van der Waals surface area contributed by atoms with E-state index in [1.165, 1.54) is 7.11 Å². The van der Waals surface area contributed by atoms with Crippen LogP contribution in [-0.2, 0) is 6.61 Å². The van der Waals surface area contributed by atoms with Crippen LogP contribution in [0.25, 0.3) is 0 Å². The SMILES string of the molecule is COc1cc(CO)cc(Cl)c1OCCCCC#N. The van der Waals surface area contributed by atoms with Gasteiger partial charge in [0.2, 0.25) is 0 Å². The maximum Gasteiger partial charge on any atom is 0.179 e. The maximum atomic E-state index is 9.06. The molecule has 0 aliphatic rings. The Labute approximate surface area is 112 Å². The van der Waals surface area contributed by atoms with E-state index in [0.717, 1.165) is 12.8 Å². The van der Waals surface area contributed by atoms with E-state index < -0.39 is 0 Å². The highest BCUT2D eigenvalue weighted by Gasteiger charge is 2.11. The molecule has 0 fully saturated rings. The topological polar surface area (TPSA) is 62.5 Å². The van der Waals surface area contributed by atoms with Crippen molar-refractivity contribution in [1.82, 2.24) is 0 Å². The summed E-state index contributed by atoms with van der Waals surface area (Å²) in [6.45, 7) is 0.384. The van der Waals surface area contributed by atoms with Gasteiger partial charge < -0.3 is 14.6 Å². The first-order valence-corrected chi connectivity index (χ1v) is 6.07. The number of nitriles is 1. The van der Waals surface area contributed by atoms with Crippen molar-refractivity contribution in [3.8, 4) is 17.6 Å². The van der Waals surface area contributed by atoms with Crippen LogP contribution in [0.5, 0.6) is 11.5 Å². The van der Waals surface area contributed by atoms with Crippen molar-refractivity contribution < 1.29 is 14.6 Å². The van der Waals surface area contributed by atoms with Crippen LogP contribution in [0.4, 0.5) is 0 Å². The molecule has 18 heavy (non-hydrogen) atoms. The number of ether oxygens (including phenoxy) is 2. The largest absolute Gasteiger partial charge is 0.493 e. The Balaban J connectivity index is 2.67. The number of halogens is 1. The summed E-state index contributed by atoms with van der Waals surface area (Å²) in [4.78, 5) is 0. The number of nitrogens with zero attached hydrogens (tertiary/aromatic N) is 1. The van der Waals surface area contributed by atoms with Gasteiger partial charge in [-0.1, -0.05) is 11.6 Å². The lowest BCUT2D eigenvalue weighted by atomic mass is 10.2. The summed E-state index contributed by atoms with van der Waals surface area (Å²) in [5.41, 5.74) is 0.675. The molecule has 5 heteroatoms. The Bertz CT molecular complexity index is 429. The molecule has 0 unspecified atom stereocenters. The first kappa shape index (κ1) is 14.6. The zero-order valence-electron chi connectivity index (χ0n) is 10.3. The highest BCUT2D eigenvalue weighted by atomic mass is 35.5. The monoisotopic (exact) mass is 269 g/mol. The molecule has 0 aliphatic heterocycles. The molecule has 0 radical (unpaired) electrons. The van der Waals surface area contributed by atoms with Crippen molar-refractivity contribution in [2.24, 2.45) is 0 Å². The first-order valence-electron chi connectivity index (χ1n) is 5.70. The van der Waals surface area contributed by atoms with E-state index in [2.05, 4.69) is 6.07 Å². The van der Waals surface area contributed by atoms with Crippen LogP contribution >= 0.6 is 11.6 Å². The van der Waals surface area contributed by atoms with Crippen LogP contribution in [0.2, 0.25) is 5.02 Å². The normalized spacial score (nSPS) is 9.89. The molecule has 0 heterocycles. The van der Waals surface area contributed by atoms with Gasteiger partial charge in [0.1, 0.15) is 0 Å². The number of rotatable bonds is 7. The zero-order chi connectivity index (χ0) is 13.4. The Hall–Kier alpha value is -1.44. The van der Waals surface area contributed by atoms with Crippen molar-refractivity contribution in [1.29, 1.82) is 5.26 Å². The van der Waals surface area contributed by atoms with E-state index >= 15 is 0 Å². The summed E-state index contributed by atoms with van der Waals surface area (Å²) in [5.74, 6) is 0.986. The third-order valence-corrected chi connectivity index (χ3v) is 2.68. The summed E-state index contributed by atoms with van der Waals surface area (Å²) in [5, 5.41) is 17.9. The van der Waals surface area contributed by atoms with E-state index in [9.17, 15) is 0 Å². The van der Waals surface area contributed by atoms with E-state index in [1.54, 1.807) is 12.1 Å². The van der Waals surface area contributed by atoms with Gasteiger partial charge in [-0.25, -0.2) is 0 Å². The van der Waals surface area contributed by atoms with Crippen molar-refractivity contribution in [3.63, 3.8) is 0 Å². The average molecular weight is 270 g/mol. The van der Waals surface area contributed by atoms with E-state index in [0.29, 0.717) is 35.1 Å². The second-order valence-electron chi connectivity index (χ2n) is 3.73. The van der Waals surface area contributed by atoms with Crippen LogP contribution in [0.3, 0.4) is 0 Å². The lowest BCUT2D eigenvalue weighted by Crippen LogP contribution is -2.01. The molecule has 1 aromatic rings. The third-order valence-electron chi connectivity index (χ3n) is 2.40. The van der Waals surface area contributed by atoms with Gasteiger partial charge in [-0.3, -0.25) is 0 Å². The predicted octanol–water partition coefficient (Wildman–Crippen LogP) is 2.91. The molecule has 1 rings (SSSR count). The average Bonchev–Trinajstić information content (AvgIpc) is 2.39. The van der Waals surface area contributed by atoms with Gasteiger partial charge >= 0.3 is 0 Å². The fourth-order valence-corrected chi connectivity index (χ4v) is 1.77. The minimum atomic E-state index is -0.0987. The van der Waals surface area contributed by atoms with Crippen molar-refractivity contribution in [3.05, 3.63) is 22.7 Å². The molecule has 0 amide bonds. The first-order chi connectivity index (χ1) is 8.72. The number of aliphatic hydroxyl groups excluding tert-OH is 1. The number of benzene rings is 1. The van der Waals surface area contributed by atoms with Gasteiger partial charge in [-0.2, -0.15) is 5.26 Å². The van der Waals surface area contributed by atoms with E-state index in [4.69, 9.17) is 31.4 Å². The van der Waals surface area contributed by atoms with Crippen LogP contribution in [0.1, 0.15) is 24.8 Å². The van der Waals surface area contributed by atoms with Gasteiger partial charge in [0.25, 0.3) is 0 Å². The van der Waals surface area contributed by atoms with Gasteiger partial charge in [0.05, 0.1) is 31.4 Å². The quantitative estimate of drug-likeness (QED) is 0.773. The van der Waals surface area contributed by atoms with Gasteiger partial charge in [-0.15, -0.1) is 0 Å². The lowest BCUT2D eigenvalue weighted by Gasteiger charge is -2.13. The standard InChI is InChI=1S/C13H16ClNO3/c1-17-12-8-10(9-16)7-11(14)13(12)18-6-4-2-3-5-15/h7-8,16H,2-4,6,9H2,1H3. The van der Waals surface area contributed by atoms with Crippen molar-refractivity contribution in [2.45, 2.75) is 25.9 Å². The van der Waals surface area contributed by atoms with Crippen LogP contribution < -0.4 is 9.47 Å². The second-order valence-corrected chi connectivity index (χ2v) is 4.14. The highest BCUT2D eigenvalue weighted by Crippen LogP contribution is 2.36. The highest BCUT2D eigenvalue weighted by molar-refractivity contribution is 6.32. The molecule has 4 nitrogen and oxygen atoms in total. The summed E-state index contributed by atoms with van der Waals surface area (Å²) < 4.78 is 10.7. The fraction of sp³-hybridized carbons (Fsp3) is 0.462. The molecule has 0 saturated carbocycles. The fourth-order valence-electron chi connectivity index (χ4n) is 1.48. The predicted molar refractivity (Wildman–Crippen MR) is 68.9 cm³/mol. The molecule has 0 bridgehead atoms.